The molecule has 1 amide bonds. The summed E-state index contributed by atoms with van der Waals surface area (Å²) in [7, 11) is 0. The number of nitrogens with one attached hydrogen (secondary N) is 2. The number of aromatic amines is 1. The summed E-state index contributed by atoms with van der Waals surface area (Å²) in [5.41, 5.74) is -0.283. The number of pyridine rings is 1. The first-order valence-electron chi connectivity index (χ1n) is 5.70. The van der Waals surface area contributed by atoms with Crippen molar-refractivity contribution in [1.82, 2.24) is 10.3 Å². The van der Waals surface area contributed by atoms with Crippen molar-refractivity contribution in [2.45, 2.75) is 31.8 Å². The van der Waals surface area contributed by atoms with E-state index in [4.69, 9.17) is 0 Å². The molecule has 5 nitrogen and oxygen atoms in total. The molecule has 17 heavy (non-hydrogen) atoms. The van der Waals surface area contributed by atoms with Gasteiger partial charge in [0, 0.05) is 24.5 Å². The molecule has 0 aromatic carbocycles. The number of aliphatic hydroxyl groups is 1. The van der Waals surface area contributed by atoms with Crippen LogP contribution in [-0.4, -0.2) is 28.1 Å². The maximum Gasteiger partial charge on any atom is 0.256 e. The molecule has 0 unspecified atom stereocenters. The number of aromatic nitrogens is 1. The van der Waals surface area contributed by atoms with Gasteiger partial charge in [-0.15, -0.1) is 0 Å². The maximum atomic E-state index is 11.7. The van der Waals surface area contributed by atoms with Gasteiger partial charge in [0.25, 0.3) is 5.91 Å². The zero-order valence-corrected chi connectivity index (χ0v) is 9.75. The van der Waals surface area contributed by atoms with Crippen LogP contribution in [0.2, 0.25) is 0 Å². The van der Waals surface area contributed by atoms with Gasteiger partial charge in [-0.05, 0) is 26.2 Å². The lowest BCUT2D eigenvalue weighted by Gasteiger charge is -2.36. The van der Waals surface area contributed by atoms with E-state index in [9.17, 15) is 14.7 Å². The predicted octanol–water partition coefficient (Wildman–Crippen LogP) is 0.328. The Morgan fingerprint density at radius 3 is 2.82 bits per heavy atom. The Kier molecular flexibility index (Phi) is 3.02. The van der Waals surface area contributed by atoms with Gasteiger partial charge < -0.3 is 15.4 Å². The Bertz CT molecular complexity index is 489. The van der Waals surface area contributed by atoms with Gasteiger partial charge >= 0.3 is 0 Å². The van der Waals surface area contributed by atoms with E-state index in [1.165, 1.54) is 12.3 Å². The summed E-state index contributed by atoms with van der Waals surface area (Å²) in [6.45, 7) is 1.96. The smallest absolute Gasteiger partial charge is 0.256 e. The summed E-state index contributed by atoms with van der Waals surface area (Å²) in [4.78, 5) is 26.1. The fourth-order valence-corrected chi connectivity index (χ4v) is 1.85. The van der Waals surface area contributed by atoms with Gasteiger partial charge in [-0.3, -0.25) is 9.59 Å². The molecule has 0 bridgehead atoms. The largest absolute Gasteiger partial charge is 0.388 e. The number of hydrogen-bond acceptors (Lipinski definition) is 3. The quantitative estimate of drug-likeness (QED) is 0.707. The molecule has 5 heteroatoms. The van der Waals surface area contributed by atoms with Crippen molar-refractivity contribution in [2.75, 3.05) is 6.54 Å². The lowest BCUT2D eigenvalue weighted by molar-refractivity contribution is -0.0300. The normalized spacial score (nSPS) is 17.3. The third kappa shape index (κ3) is 2.55. The molecule has 1 heterocycles. The number of rotatable bonds is 3. The Morgan fingerprint density at radius 1 is 1.59 bits per heavy atom. The van der Waals surface area contributed by atoms with E-state index in [1.807, 2.05) is 0 Å². The van der Waals surface area contributed by atoms with Crippen molar-refractivity contribution in [1.29, 1.82) is 0 Å². The lowest BCUT2D eigenvalue weighted by atomic mass is 9.80. The third-order valence-corrected chi connectivity index (χ3v) is 3.16. The molecule has 92 valence electrons. The van der Waals surface area contributed by atoms with Gasteiger partial charge in [-0.1, -0.05) is 0 Å². The molecule has 1 aliphatic carbocycles. The van der Waals surface area contributed by atoms with Gasteiger partial charge in [-0.25, -0.2) is 0 Å². The van der Waals surface area contributed by atoms with Crippen LogP contribution in [0, 0.1) is 6.92 Å². The van der Waals surface area contributed by atoms with E-state index >= 15 is 0 Å². The molecule has 0 spiro atoms. The number of hydrogen-bond donors (Lipinski definition) is 3. The maximum absolute atomic E-state index is 11.7. The second kappa shape index (κ2) is 4.33. The van der Waals surface area contributed by atoms with Gasteiger partial charge in [0.1, 0.15) is 5.56 Å². The Balaban J connectivity index is 2.02. The molecule has 1 saturated carbocycles. The summed E-state index contributed by atoms with van der Waals surface area (Å²) < 4.78 is 0. The summed E-state index contributed by atoms with van der Waals surface area (Å²) in [5.74, 6) is -0.438. The fourth-order valence-electron chi connectivity index (χ4n) is 1.85. The highest BCUT2D eigenvalue weighted by Gasteiger charge is 2.34. The van der Waals surface area contributed by atoms with Crippen molar-refractivity contribution < 1.29 is 9.90 Å². The molecule has 0 aliphatic heterocycles. The monoisotopic (exact) mass is 236 g/mol. The molecule has 1 aliphatic rings. The van der Waals surface area contributed by atoms with Crippen molar-refractivity contribution in [2.24, 2.45) is 0 Å². The van der Waals surface area contributed by atoms with Crippen LogP contribution >= 0.6 is 0 Å². The zero-order chi connectivity index (χ0) is 12.5. The SMILES string of the molecule is Cc1cc(=O)c(C(=O)NCC2(O)CCC2)c[nH]1. The highest BCUT2D eigenvalue weighted by atomic mass is 16.3. The summed E-state index contributed by atoms with van der Waals surface area (Å²) in [6, 6.07) is 1.38. The van der Waals surface area contributed by atoms with E-state index in [2.05, 4.69) is 10.3 Å². The van der Waals surface area contributed by atoms with Gasteiger partial charge in [0.2, 0.25) is 0 Å². The lowest BCUT2D eigenvalue weighted by Crippen LogP contribution is -2.48. The Morgan fingerprint density at radius 2 is 2.29 bits per heavy atom. The molecular formula is C12H16N2O3. The van der Waals surface area contributed by atoms with E-state index in [0.717, 1.165) is 6.42 Å². The Hall–Kier alpha value is -1.62. The van der Waals surface area contributed by atoms with Crippen LogP contribution in [0.25, 0.3) is 0 Å². The molecule has 1 aromatic rings. The number of amides is 1. The van der Waals surface area contributed by atoms with Crippen molar-refractivity contribution in [3.8, 4) is 0 Å². The topological polar surface area (TPSA) is 82.2 Å². The predicted molar refractivity (Wildman–Crippen MR) is 62.9 cm³/mol. The first-order chi connectivity index (χ1) is 8.00. The van der Waals surface area contributed by atoms with E-state index in [-0.39, 0.29) is 17.5 Å². The Labute approximate surface area is 98.9 Å². The molecule has 0 radical (unpaired) electrons. The van der Waals surface area contributed by atoms with Crippen LogP contribution in [-0.2, 0) is 0 Å². The number of aryl methyl sites for hydroxylation is 1. The number of H-pyrrole nitrogens is 1. The van der Waals surface area contributed by atoms with E-state index < -0.39 is 11.5 Å². The molecular weight excluding hydrogens is 220 g/mol. The van der Waals surface area contributed by atoms with Crippen LogP contribution in [0.5, 0.6) is 0 Å². The van der Waals surface area contributed by atoms with Crippen molar-refractivity contribution >= 4 is 5.91 Å². The van der Waals surface area contributed by atoms with Crippen molar-refractivity contribution in [3.05, 3.63) is 33.7 Å². The molecule has 1 fully saturated rings. The van der Waals surface area contributed by atoms with Crippen LogP contribution in [0.3, 0.4) is 0 Å². The van der Waals surface area contributed by atoms with Gasteiger partial charge in [-0.2, -0.15) is 0 Å². The second-order valence-electron chi connectivity index (χ2n) is 4.65. The minimum Gasteiger partial charge on any atom is -0.388 e. The average Bonchev–Trinajstić information content (AvgIpc) is 2.23. The first kappa shape index (κ1) is 11.9. The van der Waals surface area contributed by atoms with Gasteiger partial charge in [0.15, 0.2) is 5.43 Å². The highest BCUT2D eigenvalue weighted by molar-refractivity contribution is 5.93. The standard InChI is InChI=1S/C12H16N2O3/c1-8-5-10(15)9(6-13-8)11(16)14-7-12(17)3-2-4-12/h5-6,17H,2-4,7H2,1H3,(H,13,15)(H,14,16). The van der Waals surface area contributed by atoms with Crippen LogP contribution in [0.15, 0.2) is 17.1 Å². The summed E-state index contributed by atoms with van der Waals surface area (Å²) in [5, 5.41) is 12.4. The van der Waals surface area contributed by atoms with Crippen LogP contribution < -0.4 is 10.7 Å². The number of carbonyl (C=O) groups excluding carboxylic acids is 1. The molecule has 1 aromatic heterocycles. The van der Waals surface area contributed by atoms with Gasteiger partial charge in [0.05, 0.1) is 5.60 Å². The van der Waals surface area contributed by atoms with E-state index in [0.29, 0.717) is 18.5 Å². The average molecular weight is 236 g/mol. The molecule has 2 rings (SSSR count). The zero-order valence-electron chi connectivity index (χ0n) is 9.75. The van der Waals surface area contributed by atoms with Crippen molar-refractivity contribution in [3.63, 3.8) is 0 Å². The summed E-state index contributed by atoms with van der Waals surface area (Å²) >= 11 is 0. The minimum atomic E-state index is -0.771. The van der Waals surface area contributed by atoms with Crippen LogP contribution in [0.4, 0.5) is 0 Å². The van der Waals surface area contributed by atoms with E-state index in [1.54, 1.807) is 6.92 Å². The van der Waals surface area contributed by atoms with Crippen LogP contribution in [0.1, 0.15) is 35.3 Å². The summed E-state index contributed by atoms with van der Waals surface area (Å²) in [6.07, 6.45) is 3.80. The fraction of sp³-hybridized carbons (Fsp3) is 0.500. The second-order valence-corrected chi connectivity index (χ2v) is 4.65. The molecule has 0 saturated heterocycles. The molecule has 3 N–H and O–H groups in total. The minimum absolute atomic E-state index is 0.0820. The first-order valence-corrected chi connectivity index (χ1v) is 5.70. The highest BCUT2D eigenvalue weighted by Crippen LogP contribution is 2.30. The third-order valence-electron chi connectivity index (χ3n) is 3.16. The number of carbonyl (C=O) groups is 1. The molecule has 0 atom stereocenters.